The van der Waals surface area contributed by atoms with Crippen LogP contribution in [0.5, 0.6) is 0 Å². The third-order valence-electron chi connectivity index (χ3n) is 3.31. The van der Waals surface area contributed by atoms with Crippen LogP contribution in [-0.2, 0) is 10.3 Å². The molecule has 1 fully saturated rings. The molecule has 1 aliphatic rings. The summed E-state index contributed by atoms with van der Waals surface area (Å²) < 4.78 is 4.70. The molecule has 86 valence electrons. The van der Waals surface area contributed by atoms with Crippen molar-refractivity contribution in [2.75, 3.05) is 7.11 Å². The number of hydrogen-bond acceptors (Lipinski definition) is 3. The number of aryl methyl sites for hydroxylation is 1. The first-order valence-corrected chi connectivity index (χ1v) is 5.40. The third-order valence-corrected chi connectivity index (χ3v) is 3.31. The van der Waals surface area contributed by atoms with Crippen molar-refractivity contribution in [3.05, 3.63) is 34.4 Å². The van der Waals surface area contributed by atoms with Crippen LogP contribution in [0.2, 0.25) is 0 Å². The Morgan fingerprint density at radius 3 is 2.50 bits per heavy atom. The highest BCUT2D eigenvalue weighted by atomic mass is 16.5. The quantitative estimate of drug-likeness (QED) is 0.776. The maximum Gasteiger partial charge on any atom is 0.337 e. The number of benzene rings is 1. The van der Waals surface area contributed by atoms with Crippen molar-refractivity contribution in [3.63, 3.8) is 0 Å². The van der Waals surface area contributed by atoms with Gasteiger partial charge in [-0.2, -0.15) is 0 Å². The fourth-order valence-corrected chi connectivity index (χ4v) is 1.97. The minimum absolute atomic E-state index is 0.353. The summed E-state index contributed by atoms with van der Waals surface area (Å²) >= 11 is 0. The fraction of sp³-hybridized carbons (Fsp3) is 0.462. The van der Waals surface area contributed by atoms with Crippen LogP contribution < -0.4 is 0 Å². The molecule has 0 unspecified atom stereocenters. The van der Waals surface area contributed by atoms with Crippen molar-refractivity contribution in [2.45, 2.75) is 32.3 Å². The lowest BCUT2D eigenvalue weighted by Gasteiger charge is -2.15. The van der Waals surface area contributed by atoms with Crippen LogP contribution in [-0.4, -0.2) is 18.2 Å². The first-order valence-electron chi connectivity index (χ1n) is 5.40. The van der Waals surface area contributed by atoms with E-state index in [9.17, 15) is 9.90 Å². The summed E-state index contributed by atoms with van der Waals surface area (Å²) in [6.45, 7) is 3.92. The molecule has 3 nitrogen and oxygen atoms in total. The average molecular weight is 220 g/mol. The number of ether oxygens (including phenoxy) is 1. The second-order valence-electron chi connectivity index (χ2n) is 4.49. The molecule has 0 radical (unpaired) electrons. The van der Waals surface area contributed by atoms with Gasteiger partial charge in [-0.1, -0.05) is 0 Å². The highest BCUT2D eigenvalue weighted by Crippen LogP contribution is 2.47. The molecule has 1 N–H and O–H groups in total. The Balaban J connectivity index is 2.52. The minimum Gasteiger partial charge on any atom is -0.465 e. The maximum absolute atomic E-state index is 11.5. The molecular formula is C13H16O3. The second-order valence-corrected chi connectivity index (χ2v) is 4.49. The van der Waals surface area contributed by atoms with Gasteiger partial charge in [0.05, 0.1) is 18.3 Å². The van der Waals surface area contributed by atoms with Gasteiger partial charge < -0.3 is 9.84 Å². The van der Waals surface area contributed by atoms with Crippen molar-refractivity contribution < 1.29 is 14.6 Å². The number of hydrogen-bond donors (Lipinski definition) is 1. The first kappa shape index (κ1) is 11.1. The van der Waals surface area contributed by atoms with Gasteiger partial charge in [-0.3, -0.25) is 0 Å². The largest absolute Gasteiger partial charge is 0.465 e. The number of aliphatic hydroxyl groups is 1. The highest BCUT2D eigenvalue weighted by Gasteiger charge is 2.43. The predicted octanol–water partition coefficient (Wildman–Crippen LogP) is 2.07. The lowest BCUT2D eigenvalue weighted by molar-refractivity contribution is 0.0600. The van der Waals surface area contributed by atoms with Crippen molar-refractivity contribution in [1.82, 2.24) is 0 Å². The van der Waals surface area contributed by atoms with Crippen LogP contribution >= 0.6 is 0 Å². The Morgan fingerprint density at radius 2 is 2.00 bits per heavy atom. The van der Waals surface area contributed by atoms with Gasteiger partial charge in [0.15, 0.2) is 0 Å². The van der Waals surface area contributed by atoms with E-state index in [-0.39, 0.29) is 5.97 Å². The van der Waals surface area contributed by atoms with Crippen molar-refractivity contribution in [2.24, 2.45) is 0 Å². The zero-order valence-corrected chi connectivity index (χ0v) is 9.83. The zero-order chi connectivity index (χ0) is 11.9. The van der Waals surface area contributed by atoms with E-state index in [0.29, 0.717) is 5.56 Å². The number of carbonyl (C=O) groups is 1. The van der Waals surface area contributed by atoms with Gasteiger partial charge in [-0.15, -0.1) is 0 Å². The second kappa shape index (κ2) is 3.59. The molecule has 16 heavy (non-hydrogen) atoms. The summed E-state index contributed by atoms with van der Waals surface area (Å²) in [5, 5.41) is 10.1. The molecule has 0 amide bonds. The van der Waals surface area contributed by atoms with Crippen molar-refractivity contribution in [3.8, 4) is 0 Å². The van der Waals surface area contributed by atoms with Gasteiger partial charge in [0, 0.05) is 0 Å². The average Bonchev–Trinajstić information content (AvgIpc) is 3.00. The summed E-state index contributed by atoms with van der Waals surface area (Å²) in [5.41, 5.74) is 2.75. The van der Waals surface area contributed by atoms with Crippen LogP contribution in [0.1, 0.15) is 39.9 Å². The van der Waals surface area contributed by atoms with Crippen LogP contribution in [0.25, 0.3) is 0 Å². The summed E-state index contributed by atoms with van der Waals surface area (Å²) in [4.78, 5) is 11.5. The normalized spacial score (nSPS) is 17.0. The molecule has 2 rings (SSSR count). The molecule has 1 aromatic carbocycles. The molecule has 0 aromatic heterocycles. The number of esters is 1. The van der Waals surface area contributed by atoms with E-state index in [2.05, 4.69) is 0 Å². The maximum atomic E-state index is 11.5. The first-order chi connectivity index (χ1) is 7.48. The summed E-state index contributed by atoms with van der Waals surface area (Å²) in [6, 6.07) is 3.55. The Bertz CT molecular complexity index is 445. The lowest BCUT2D eigenvalue weighted by atomic mass is 9.94. The Kier molecular flexibility index (Phi) is 2.50. The van der Waals surface area contributed by atoms with Gasteiger partial charge in [-0.25, -0.2) is 4.79 Å². The molecular weight excluding hydrogens is 204 g/mol. The van der Waals surface area contributed by atoms with Crippen LogP contribution in [0.15, 0.2) is 12.1 Å². The third kappa shape index (κ3) is 1.71. The van der Waals surface area contributed by atoms with E-state index in [1.54, 1.807) is 12.1 Å². The smallest absolute Gasteiger partial charge is 0.337 e. The highest BCUT2D eigenvalue weighted by molar-refractivity contribution is 5.90. The monoisotopic (exact) mass is 220 g/mol. The lowest BCUT2D eigenvalue weighted by Crippen LogP contribution is -2.11. The van der Waals surface area contributed by atoms with Gasteiger partial charge in [0.2, 0.25) is 0 Å². The standard InChI is InChI=1S/C13H16O3/c1-8-6-10(12(14)16-3)7-11(9(8)2)13(15)4-5-13/h6-7,15H,4-5H2,1-3H3. The molecule has 0 atom stereocenters. The van der Waals surface area contributed by atoms with Crippen molar-refractivity contribution in [1.29, 1.82) is 0 Å². The van der Waals surface area contributed by atoms with Crippen LogP contribution in [0.3, 0.4) is 0 Å². The van der Waals surface area contributed by atoms with Crippen molar-refractivity contribution >= 4 is 5.97 Å². The van der Waals surface area contributed by atoms with E-state index in [1.165, 1.54) is 7.11 Å². The number of methoxy groups -OCH3 is 1. The molecule has 0 aliphatic heterocycles. The molecule has 0 saturated heterocycles. The van der Waals surface area contributed by atoms with Gasteiger partial charge >= 0.3 is 5.97 Å². The molecule has 0 spiro atoms. The Morgan fingerprint density at radius 1 is 1.38 bits per heavy atom. The van der Waals surface area contributed by atoms with E-state index in [0.717, 1.165) is 29.5 Å². The van der Waals surface area contributed by atoms with E-state index in [1.807, 2.05) is 13.8 Å². The van der Waals surface area contributed by atoms with Gasteiger partial charge in [0.25, 0.3) is 0 Å². The molecule has 0 bridgehead atoms. The van der Waals surface area contributed by atoms with E-state index >= 15 is 0 Å². The summed E-state index contributed by atoms with van der Waals surface area (Å²) in [6.07, 6.45) is 1.55. The van der Waals surface area contributed by atoms with Gasteiger partial charge in [-0.05, 0) is 55.5 Å². The summed E-state index contributed by atoms with van der Waals surface area (Å²) in [7, 11) is 1.36. The van der Waals surface area contributed by atoms with E-state index in [4.69, 9.17) is 4.74 Å². The SMILES string of the molecule is COC(=O)c1cc(C)c(C)c(C2(O)CC2)c1. The van der Waals surface area contributed by atoms with Crippen LogP contribution in [0.4, 0.5) is 0 Å². The van der Waals surface area contributed by atoms with E-state index < -0.39 is 5.60 Å². The number of rotatable bonds is 2. The molecule has 3 heteroatoms. The molecule has 1 saturated carbocycles. The number of carbonyl (C=O) groups excluding carboxylic acids is 1. The zero-order valence-electron chi connectivity index (χ0n) is 9.83. The fourth-order valence-electron chi connectivity index (χ4n) is 1.97. The topological polar surface area (TPSA) is 46.5 Å². The van der Waals surface area contributed by atoms with Gasteiger partial charge in [0.1, 0.15) is 0 Å². The van der Waals surface area contributed by atoms with Crippen LogP contribution in [0, 0.1) is 13.8 Å². The molecule has 1 aromatic rings. The molecule has 1 aliphatic carbocycles. The minimum atomic E-state index is -0.709. The summed E-state index contributed by atoms with van der Waals surface area (Å²) in [5.74, 6) is -0.353. The molecule has 0 heterocycles. The Labute approximate surface area is 95.0 Å². The predicted molar refractivity (Wildman–Crippen MR) is 60.4 cm³/mol. The Hall–Kier alpha value is -1.35.